The number of sulfonamides is 1. The Morgan fingerprint density at radius 1 is 1.21 bits per heavy atom. The molecule has 2 aliphatic heterocycles. The fraction of sp³-hybridized carbons (Fsp3) is 0.316. The molecule has 0 unspecified atom stereocenters. The number of nitrogens with one attached hydrogen (secondary N) is 1. The van der Waals surface area contributed by atoms with Gasteiger partial charge in [-0.2, -0.15) is 9.57 Å². The Balaban J connectivity index is 1.77. The number of halogens is 2. The first-order valence-corrected chi connectivity index (χ1v) is 13.2. The van der Waals surface area contributed by atoms with E-state index in [2.05, 4.69) is 10.3 Å². The highest BCUT2D eigenvalue weighted by molar-refractivity contribution is 7.92. The molecule has 1 N–H and O–H groups in total. The molecule has 174 valence electrons. The van der Waals surface area contributed by atoms with Gasteiger partial charge in [0.2, 0.25) is 25.8 Å². The molecule has 2 aliphatic rings. The molecule has 1 amide bonds. The second-order valence-electron chi connectivity index (χ2n) is 7.53. The van der Waals surface area contributed by atoms with E-state index in [1.807, 2.05) is 6.07 Å². The third-order valence-corrected chi connectivity index (χ3v) is 10.2. The highest BCUT2D eigenvalue weighted by Crippen LogP contribution is 2.38. The zero-order valence-corrected chi connectivity index (χ0v) is 19.9. The number of carbonyl (C=O) groups excluding carboxylic acids is 1. The number of hydrogen-bond acceptors (Lipinski definition) is 8. The number of amides is 1. The molecule has 1 aromatic heterocycles. The number of pyridine rings is 1. The van der Waals surface area contributed by atoms with E-state index in [-0.39, 0.29) is 38.6 Å². The molecular formula is C19H16Cl2N4O6S2. The number of carbonyl (C=O) groups is 1. The van der Waals surface area contributed by atoms with Crippen LogP contribution >= 0.6 is 23.2 Å². The molecule has 1 aromatic carbocycles. The standard InChI is InChI=1S/C19H16Cl2N4O6S2/c20-13-2-4-18(23-7-13)32(27,28)16-8-25(11-19(16)10-24-17(26)9-31-19)33(29,30)15-3-1-12(6-22)5-14(15)21/h1-5,7,16H,8-11H2,(H,24,26)/t16-,19+/m0/s1. The van der Waals surface area contributed by atoms with E-state index in [0.717, 1.165) is 4.31 Å². The van der Waals surface area contributed by atoms with Gasteiger partial charge in [0.05, 0.1) is 21.7 Å². The zero-order valence-electron chi connectivity index (χ0n) is 16.7. The Hall–Kier alpha value is -2.27. The van der Waals surface area contributed by atoms with Gasteiger partial charge in [-0.25, -0.2) is 21.8 Å². The number of benzene rings is 1. The number of nitrogens with zero attached hydrogens (tertiary/aromatic N) is 3. The number of ether oxygens (including phenoxy) is 1. The third-order valence-electron chi connectivity index (χ3n) is 5.52. The zero-order chi connectivity index (χ0) is 24.0. The summed E-state index contributed by atoms with van der Waals surface area (Å²) < 4.78 is 60.4. The average Bonchev–Trinajstić information content (AvgIpc) is 3.17. The largest absolute Gasteiger partial charge is 0.361 e. The van der Waals surface area contributed by atoms with Crippen LogP contribution in [-0.4, -0.2) is 69.1 Å². The maximum absolute atomic E-state index is 13.5. The van der Waals surface area contributed by atoms with Crippen LogP contribution < -0.4 is 5.32 Å². The van der Waals surface area contributed by atoms with Crippen molar-refractivity contribution in [2.24, 2.45) is 0 Å². The molecule has 33 heavy (non-hydrogen) atoms. The second kappa shape index (κ2) is 8.50. The Morgan fingerprint density at radius 2 is 1.97 bits per heavy atom. The van der Waals surface area contributed by atoms with E-state index < -0.39 is 49.8 Å². The Bertz CT molecular complexity index is 1360. The summed E-state index contributed by atoms with van der Waals surface area (Å²) in [4.78, 5) is 15.3. The van der Waals surface area contributed by atoms with Crippen molar-refractivity contribution in [1.82, 2.24) is 14.6 Å². The minimum absolute atomic E-state index is 0.171. The van der Waals surface area contributed by atoms with E-state index in [9.17, 15) is 21.6 Å². The Labute approximate surface area is 200 Å². The molecule has 2 atom stereocenters. The quantitative estimate of drug-likeness (QED) is 0.615. The topological polar surface area (TPSA) is 147 Å². The molecule has 0 saturated carbocycles. The van der Waals surface area contributed by atoms with Crippen molar-refractivity contribution in [2.45, 2.75) is 20.8 Å². The molecule has 4 rings (SSSR count). The van der Waals surface area contributed by atoms with Crippen molar-refractivity contribution in [2.75, 3.05) is 26.2 Å². The Morgan fingerprint density at radius 3 is 2.55 bits per heavy atom. The molecular weight excluding hydrogens is 515 g/mol. The highest BCUT2D eigenvalue weighted by Gasteiger charge is 2.58. The normalized spacial score (nSPS) is 23.9. The summed E-state index contributed by atoms with van der Waals surface area (Å²) in [5.41, 5.74) is -1.37. The number of aromatic nitrogens is 1. The third kappa shape index (κ3) is 4.21. The first-order chi connectivity index (χ1) is 15.5. The summed E-state index contributed by atoms with van der Waals surface area (Å²) in [6, 6.07) is 8.15. The number of morpholine rings is 1. The van der Waals surface area contributed by atoms with E-state index in [1.54, 1.807) is 0 Å². The average molecular weight is 531 g/mol. The molecule has 0 aliphatic carbocycles. The fourth-order valence-corrected chi connectivity index (χ4v) is 8.00. The van der Waals surface area contributed by atoms with E-state index in [4.69, 9.17) is 33.2 Å². The molecule has 0 radical (unpaired) electrons. The molecule has 10 nitrogen and oxygen atoms in total. The van der Waals surface area contributed by atoms with Crippen LogP contribution in [0.2, 0.25) is 10.0 Å². The van der Waals surface area contributed by atoms with Crippen molar-refractivity contribution in [1.29, 1.82) is 5.26 Å². The van der Waals surface area contributed by atoms with Gasteiger partial charge in [0.25, 0.3) is 0 Å². The van der Waals surface area contributed by atoms with Crippen molar-refractivity contribution < 1.29 is 26.4 Å². The highest BCUT2D eigenvalue weighted by atomic mass is 35.5. The minimum Gasteiger partial charge on any atom is -0.361 e. The van der Waals surface area contributed by atoms with Gasteiger partial charge in [-0.15, -0.1) is 0 Å². The van der Waals surface area contributed by atoms with Crippen molar-refractivity contribution in [3.05, 3.63) is 52.1 Å². The number of nitriles is 1. The summed E-state index contributed by atoms with van der Waals surface area (Å²) in [6.45, 7) is -1.44. The summed E-state index contributed by atoms with van der Waals surface area (Å²) in [5.74, 6) is -0.446. The van der Waals surface area contributed by atoms with Crippen LogP contribution in [0.15, 0.2) is 46.5 Å². The predicted molar refractivity (Wildman–Crippen MR) is 117 cm³/mol. The van der Waals surface area contributed by atoms with Gasteiger partial charge in [-0.05, 0) is 30.3 Å². The van der Waals surface area contributed by atoms with Gasteiger partial charge in [0, 0.05) is 25.8 Å². The van der Waals surface area contributed by atoms with Gasteiger partial charge in [-0.3, -0.25) is 4.79 Å². The predicted octanol–water partition coefficient (Wildman–Crippen LogP) is 0.992. The van der Waals surface area contributed by atoms with E-state index in [0.29, 0.717) is 0 Å². The lowest BCUT2D eigenvalue weighted by Gasteiger charge is -2.37. The van der Waals surface area contributed by atoms with E-state index >= 15 is 0 Å². The van der Waals surface area contributed by atoms with Gasteiger partial charge >= 0.3 is 0 Å². The lowest BCUT2D eigenvalue weighted by atomic mass is 10.0. The van der Waals surface area contributed by atoms with Gasteiger partial charge in [-0.1, -0.05) is 23.2 Å². The van der Waals surface area contributed by atoms with Crippen LogP contribution in [0.3, 0.4) is 0 Å². The minimum atomic E-state index is -4.27. The molecule has 2 fully saturated rings. The summed E-state index contributed by atoms with van der Waals surface area (Å²) in [5, 5.41) is 9.96. The van der Waals surface area contributed by atoms with Crippen molar-refractivity contribution >= 4 is 49.0 Å². The molecule has 14 heteroatoms. The SMILES string of the molecule is N#Cc1ccc(S(=O)(=O)N2C[C@H](S(=O)(=O)c3ccc(Cl)cn3)[C@@]3(CNC(=O)CO3)C2)c(Cl)c1. The van der Waals surface area contributed by atoms with Crippen molar-refractivity contribution in [3.8, 4) is 6.07 Å². The molecule has 2 aromatic rings. The molecule has 3 heterocycles. The van der Waals surface area contributed by atoms with Gasteiger partial charge < -0.3 is 10.1 Å². The van der Waals surface area contributed by atoms with Gasteiger partial charge in [0.15, 0.2) is 5.03 Å². The Kier molecular flexibility index (Phi) is 6.15. The lowest BCUT2D eigenvalue weighted by Crippen LogP contribution is -2.60. The van der Waals surface area contributed by atoms with Crippen LogP contribution in [0.25, 0.3) is 0 Å². The molecule has 0 bridgehead atoms. The number of rotatable bonds is 4. The van der Waals surface area contributed by atoms with Crippen LogP contribution in [0.5, 0.6) is 0 Å². The maximum Gasteiger partial charge on any atom is 0.246 e. The lowest BCUT2D eigenvalue weighted by molar-refractivity contribution is -0.141. The fourth-order valence-electron chi connectivity index (χ4n) is 3.84. The maximum atomic E-state index is 13.5. The van der Waals surface area contributed by atoms with Crippen LogP contribution in [0, 0.1) is 11.3 Å². The number of sulfone groups is 1. The first-order valence-electron chi connectivity index (χ1n) is 9.45. The summed E-state index contributed by atoms with van der Waals surface area (Å²) >= 11 is 11.9. The summed E-state index contributed by atoms with van der Waals surface area (Å²) in [7, 11) is -8.48. The smallest absolute Gasteiger partial charge is 0.246 e. The van der Waals surface area contributed by atoms with Gasteiger partial charge in [0.1, 0.15) is 22.4 Å². The van der Waals surface area contributed by atoms with Crippen molar-refractivity contribution in [3.63, 3.8) is 0 Å². The molecule has 1 spiro atoms. The summed E-state index contributed by atoms with van der Waals surface area (Å²) in [6.07, 6.45) is 1.17. The monoisotopic (exact) mass is 530 g/mol. The number of hydrogen-bond donors (Lipinski definition) is 1. The molecule has 2 saturated heterocycles. The van der Waals surface area contributed by atoms with Crippen LogP contribution in [0.4, 0.5) is 0 Å². The first kappa shape index (κ1) is 23.9. The van der Waals surface area contributed by atoms with Crippen LogP contribution in [-0.2, 0) is 29.4 Å². The van der Waals surface area contributed by atoms with E-state index in [1.165, 1.54) is 36.5 Å². The van der Waals surface area contributed by atoms with Crippen LogP contribution in [0.1, 0.15) is 5.56 Å². The second-order valence-corrected chi connectivity index (χ2v) is 12.4.